The van der Waals surface area contributed by atoms with Crippen LogP contribution in [0, 0.1) is 0 Å². The van der Waals surface area contributed by atoms with Crippen molar-refractivity contribution >= 4 is 23.6 Å². The predicted octanol–water partition coefficient (Wildman–Crippen LogP) is 1.93. The Labute approximate surface area is 125 Å². The lowest BCUT2D eigenvalue weighted by Crippen LogP contribution is -2.56. The molecule has 0 bridgehead atoms. The van der Waals surface area contributed by atoms with Gasteiger partial charge in [0, 0.05) is 24.3 Å². The summed E-state index contributed by atoms with van der Waals surface area (Å²) in [5.74, 6) is 1.42. The molecule has 0 aromatic heterocycles. The summed E-state index contributed by atoms with van der Waals surface area (Å²) < 4.78 is 0.183. The number of hydrogen-bond acceptors (Lipinski definition) is 3. The lowest BCUT2D eigenvalue weighted by molar-refractivity contribution is -0.138. The summed E-state index contributed by atoms with van der Waals surface area (Å²) >= 11 is 1.98. The number of thioether (sulfide) groups is 1. The van der Waals surface area contributed by atoms with Gasteiger partial charge in [-0.2, -0.15) is 11.8 Å². The Kier molecular flexibility index (Phi) is 3.73. The highest BCUT2D eigenvalue weighted by Gasteiger charge is 2.47. The molecular formula is C15H24N2O2S. The van der Waals surface area contributed by atoms with E-state index in [1.54, 1.807) is 0 Å². The fourth-order valence-electron chi connectivity index (χ4n) is 3.86. The van der Waals surface area contributed by atoms with Gasteiger partial charge in [-0.3, -0.25) is 9.59 Å². The number of carbonyl (C=O) groups is 2. The summed E-state index contributed by atoms with van der Waals surface area (Å²) in [5, 5.41) is 3.03. The van der Waals surface area contributed by atoms with Crippen LogP contribution in [-0.4, -0.2) is 45.8 Å². The van der Waals surface area contributed by atoms with Crippen molar-refractivity contribution in [3.8, 4) is 0 Å². The Morgan fingerprint density at radius 3 is 2.60 bits per heavy atom. The van der Waals surface area contributed by atoms with Crippen molar-refractivity contribution in [2.24, 2.45) is 0 Å². The van der Waals surface area contributed by atoms with Gasteiger partial charge in [0.05, 0.1) is 0 Å². The molecule has 0 aromatic rings. The van der Waals surface area contributed by atoms with Gasteiger partial charge in [0.25, 0.3) is 0 Å². The van der Waals surface area contributed by atoms with Crippen molar-refractivity contribution < 1.29 is 9.59 Å². The maximum atomic E-state index is 12.9. The Morgan fingerprint density at radius 1 is 1.20 bits per heavy atom. The minimum absolute atomic E-state index is 0.0481. The molecule has 3 fully saturated rings. The van der Waals surface area contributed by atoms with Gasteiger partial charge in [-0.25, -0.2) is 0 Å². The van der Waals surface area contributed by atoms with Crippen LogP contribution >= 0.6 is 11.8 Å². The number of carbonyl (C=O) groups excluding carboxylic acids is 2. The second-order valence-corrected chi connectivity index (χ2v) is 8.40. The van der Waals surface area contributed by atoms with Crippen molar-refractivity contribution in [3.63, 3.8) is 0 Å². The van der Waals surface area contributed by atoms with Crippen molar-refractivity contribution in [2.75, 3.05) is 18.8 Å². The topological polar surface area (TPSA) is 49.4 Å². The molecule has 20 heavy (non-hydrogen) atoms. The van der Waals surface area contributed by atoms with E-state index in [4.69, 9.17) is 0 Å². The van der Waals surface area contributed by atoms with Gasteiger partial charge in [-0.05, 0) is 38.4 Å². The third-order valence-electron chi connectivity index (χ3n) is 4.97. The Bertz CT molecular complexity index is 412. The zero-order valence-electron chi connectivity index (χ0n) is 12.2. The van der Waals surface area contributed by atoms with Crippen LogP contribution in [0.4, 0.5) is 0 Å². The van der Waals surface area contributed by atoms with E-state index in [1.807, 2.05) is 16.7 Å². The van der Waals surface area contributed by atoms with E-state index in [1.165, 1.54) is 18.6 Å². The number of nitrogens with one attached hydrogen (secondary N) is 1. The summed E-state index contributed by atoms with van der Waals surface area (Å²) in [4.78, 5) is 26.9. The highest BCUT2D eigenvalue weighted by atomic mass is 32.2. The predicted molar refractivity (Wildman–Crippen MR) is 80.6 cm³/mol. The Hall–Kier alpha value is -0.710. The molecule has 2 saturated heterocycles. The molecule has 1 atom stereocenters. The number of nitrogens with zero attached hydrogens (tertiary/aromatic N) is 1. The van der Waals surface area contributed by atoms with Gasteiger partial charge in [0.1, 0.15) is 5.54 Å². The average Bonchev–Trinajstić information content (AvgIpc) is 3.02. The fraction of sp³-hybridized carbons (Fsp3) is 0.867. The van der Waals surface area contributed by atoms with Crippen LogP contribution in [0.25, 0.3) is 0 Å². The van der Waals surface area contributed by atoms with Gasteiger partial charge >= 0.3 is 0 Å². The third-order valence-corrected chi connectivity index (χ3v) is 6.49. The summed E-state index contributed by atoms with van der Waals surface area (Å²) in [6, 6.07) is 0. The van der Waals surface area contributed by atoms with Crippen LogP contribution in [0.1, 0.15) is 51.9 Å². The van der Waals surface area contributed by atoms with E-state index < -0.39 is 5.54 Å². The van der Waals surface area contributed by atoms with Crippen LogP contribution < -0.4 is 5.32 Å². The highest BCUT2D eigenvalue weighted by Crippen LogP contribution is 2.40. The summed E-state index contributed by atoms with van der Waals surface area (Å²) in [6.07, 6.45) is 6.60. The SMILES string of the molecule is CC1(CN2CCC(=O)NC3(CCCC3)C2=O)CCCS1. The van der Waals surface area contributed by atoms with E-state index in [0.717, 1.165) is 32.2 Å². The summed E-state index contributed by atoms with van der Waals surface area (Å²) in [6.45, 7) is 3.65. The van der Waals surface area contributed by atoms with E-state index in [-0.39, 0.29) is 16.6 Å². The molecule has 3 rings (SSSR count). The first kappa shape index (κ1) is 14.2. The van der Waals surface area contributed by atoms with Crippen LogP contribution in [0.15, 0.2) is 0 Å². The van der Waals surface area contributed by atoms with E-state index in [2.05, 4.69) is 12.2 Å². The van der Waals surface area contributed by atoms with Crippen molar-refractivity contribution in [2.45, 2.75) is 62.2 Å². The number of rotatable bonds is 2. The zero-order valence-corrected chi connectivity index (χ0v) is 13.1. The largest absolute Gasteiger partial charge is 0.342 e. The highest BCUT2D eigenvalue weighted by molar-refractivity contribution is 8.00. The Balaban J connectivity index is 1.79. The average molecular weight is 296 g/mol. The van der Waals surface area contributed by atoms with Gasteiger partial charge in [0.2, 0.25) is 11.8 Å². The minimum Gasteiger partial charge on any atom is -0.342 e. The lowest BCUT2D eigenvalue weighted by atomic mass is 9.95. The maximum Gasteiger partial charge on any atom is 0.248 e. The van der Waals surface area contributed by atoms with Gasteiger partial charge < -0.3 is 10.2 Å². The Morgan fingerprint density at radius 2 is 1.95 bits per heavy atom. The minimum atomic E-state index is -0.576. The monoisotopic (exact) mass is 296 g/mol. The number of hydrogen-bond donors (Lipinski definition) is 1. The maximum absolute atomic E-state index is 12.9. The standard InChI is InChI=1S/C15H24N2O2S/c1-14(6-4-10-20-14)11-17-9-5-12(18)16-15(13(17)19)7-2-3-8-15/h2-11H2,1H3,(H,16,18). The first-order valence-corrected chi connectivity index (χ1v) is 8.76. The van der Waals surface area contributed by atoms with Gasteiger partial charge in [-0.1, -0.05) is 12.8 Å². The molecule has 1 N–H and O–H groups in total. The number of amides is 2. The summed E-state index contributed by atoms with van der Waals surface area (Å²) in [5.41, 5.74) is -0.576. The van der Waals surface area contributed by atoms with Crippen LogP contribution in [0.5, 0.6) is 0 Å². The van der Waals surface area contributed by atoms with Gasteiger partial charge in [0.15, 0.2) is 0 Å². The molecule has 1 unspecified atom stereocenters. The molecule has 1 saturated carbocycles. The van der Waals surface area contributed by atoms with Crippen molar-refractivity contribution in [1.82, 2.24) is 10.2 Å². The molecule has 2 heterocycles. The first-order chi connectivity index (χ1) is 9.53. The smallest absolute Gasteiger partial charge is 0.248 e. The van der Waals surface area contributed by atoms with E-state index in [9.17, 15) is 9.59 Å². The van der Waals surface area contributed by atoms with Crippen molar-refractivity contribution in [3.05, 3.63) is 0 Å². The lowest BCUT2D eigenvalue weighted by Gasteiger charge is -2.36. The molecular weight excluding hydrogens is 272 g/mol. The zero-order chi connectivity index (χ0) is 14.2. The molecule has 1 spiro atoms. The van der Waals surface area contributed by atoms with Crippen molar-refractivity contribution in [1.29, 1.82) is 0 Å². The molecule has 3 aliphatic rings. The van der Waals surface area contributed by atoms with E-state index in [0.29, 0.717) is 13.0 Å². The van der Waals surface area contributed by atoms with Crippen LogP contribution in [0.3, 0.4) is 0 Å². The molecule has 2 amide bonds. The van der Waals surface area contributed by atoms with Crippen LogP contribution in [0.2, 0.25) is 0 Å². The van der Waals surface area contributed by atoms with Crippen LogP contribution in [-0.2, 0) is 9.59 Å². The quantitative estimate of drug-likeness (QED) is 0.847. The molecule has 5 heteroatoms. The summed E-state index contributed by atoms with van der Waals surface area (Å²) in [7, 11) is 0. The fourth-order valence-corrected chi connectivity index (χ4v) is 5.17. The molecule has 2 aliphatic heterocycles. The normalized spacial score (nSPS) is 33.5. The molecule has 0 radical (unpaired) electrons. The molecule has 4 nitrogen and oxygen atoms in total. The second kappa shape index (κ2) is 5.24. The first-order valence-electron chi connectivity index (χ1n) is 7.77. The van der Waals surface area contributed by atoms with Gasteiger partial charge in [-0.15, -0.1) is 0 Å². The van der Waals surface area contributed by atoms with E-state index >= 15 is 0 Å². The molecule has 1 aliphatic carbocycles. The third kappa shape index (κ3) is 2.57. The molecule has 0 aromatic carbocycles. The second-order valence-electron chi connectivity index (χ2n) is 6.72. The molecule has 112 valence electrons.